The molecule has 146 valence electrons. The quantitative estimate of drug-likeness (QED) is 0.555. The molecule has 0 radical (unpaired) electrons. The molecule has 3 atom stereocenters. The number of aliphatic hydroxyl groups is 2. The molecule has 2 aliphatic carbocycles. The monoisotopic (exact) mass is 379 g/mol. The van der Waals surface area contributed by atoms with Crippen molar-refractivity contribution in [1.82, 2.24) is 19.9 Å². The number of rotatable bonds is 4. The predicted octanol–water partition coefficient (Wildman–Crippen LogP) is 2.44. The summed E-state index contributed by atoms with van der Waals surface area (Å²) in [4.78, 5) is 16.9. The van der Waals surface area contributed by atoms with Gasteiger partial charge in [0, 0.05) is 24.1 Å². The minimum Gasteiger partial charge on any atom is -0.396 e. The van der Waals surface area contributed by atoms with Gasteiger partial charge in [-0.25, -0.2) is 15.0 Å². The van der Waals surface area contributed by atoms with Crippen LogP contribution < -0.4 is 5.32 Å². The molecule has 4 N–H and O–H groups in total. The topological polar surface area (TPSA) is 107 Å². The van der Waals surface area contributed by atoms with E-state index in [1.54, 1.807) is 0 Å². The van der Waals surface area contributed by atoms with Gasteiger partial charge in [-0.3, -0.25) is 0 Å². The molecule has 0 aliphatic heterocycles. The molecule has 2 heterocycles. The van der Waals surface area contributed by atoms with Gasteiger partial charge in [0.2, 0.25) is 0 Å². The van der Waals surface area contributed by atoms with E-state index in [1.165, 1.54) is 30.3 Å². The normalized spacial score (nSPS) is 24.4. The SMILES string of the molecule is OCC1C[C@@H](Nc2ncnc3nc(-c4cccc5c4CCCC5)[nH]c23)C[C@@H]1O. The van der Waals surface area contributed by atoms with E-state index in [-0.39, 0.29) is 18.6 Å². The summed E-state index contributed by atoms with van der Waals surface area (Å²) in [6, 6.07) is 6.52. The van der Waals surface area contributed by atoms with Crippen LogP contribution in [0.15, 0.2) is 24.5 Å². The smallest absolute Gasteiger partial charge is 0.183 e. The minimum atomic E-state index is -0.479. The van der Waals surface area contributed by atoms with Gasteiger partial charge in [-0.1, -0.05) is 18.2 Å². The number of aromatic nitrogens is 4. The molecule has 0 spiro atoms. The molecular weight excluding hydrogens is 354 g/mol. The fourth-order valence-electron chi connectivity index (χ4n) is 4.68. The van der Waals surface area contributed by atoms with E-state index < -0.39 is 6.10 Å². The van der Waals surface area contributed by atoms with E-state index in [4.69, 9.17) is 4.98 Å². The molecule has 7 heteroatoms. The highest BCUT2D eigenvalue weighted by Gasteiger charge is 2.33. The van der Waals surface area contributed by atoms with Crippen LogP contribution in [0.3, 0.4) is 0 Å². The number of aromatic amines is 1. The summed E-state index contributed by atoms with van der Waals surface area (Å²) in [6.45, 7) is 0.00581. The first-order valence-corrected chi connectivity index (χ1v) is 10.1. The van der Waals surface area contributed by atoms with Crippen molar-refractivity contribution in [2.45, 2.75) is 50.7 Å². The molecular formula is C21H25N5O2. The standard InChI is InChI=1S/C21H25N5O2/c27-10-13-8-14(9-17(13)28)24-20-18-21(23-11-22-20)26-19(25-18)16-7-3-5-12-4-1-2-6-15(12)16/h3,5,7,11,13-14,17,27-28H,1-2,4,6,8-10H2,(H2,22,23,24,25,26)/t13?,14-,17+/m1/s1. The second kappa shape index (κ2) is 7.14. The van der Waals surface area contributed by atoms with Gasteiger partial charge in [0.1, 0.15) is 17.7 Å². The van der Waals surface area contributed by atoms with Crippen LogP contribution in [0.1, 0.15) is 36.8 Å². The van der Waals surface area contributed by atoms with Gasteiger partial charge < -0.3 is 20.5 Å². The summed E-state index contributed by atoms with van der Waals surface area (Å²) >= 11 is 0. The zero-order chi connectivity index (χ0) is 19.1. The number of nitrogens with one attached hydrogen (secondary N) is 2. The molecule has 0 saturated heterocycles. The van der Waals surface area contributed by atoms with E-state index in [0.29, 0.717) is 17.9 Å². The van der Waals surface area contributed by atoms with Crippen molar-refractivity contribution < 1.29 is 10.2 Å². The Labute approximate surface area is 163 Å². The fourth-order valence-corrected chi connectivity index (χ4v) is 4.68. The lowest BCUT2D eigenvalue weighted by Crippen LogP contribution is -2.17. The molecule has 1 saturated carbocycles. The number of anilines is 1. The first-order chi connectivity index (χ1) is 13.7. The van der Waals surface area contributed by atoms with E-state index in [2.05, 4.69) is 38.5 Å². The van der Waals surface area contributed by atoms with Crippen LogP contribution in [0.25, 0.3) is 22.6 Å². The highest BCUT2D eigenvalue weighted by molar-refractivity contribution is 5.86. The third-order valence-corrected chi connectivity index (χ3v) is 6.17. The lowest BCUT2D eigenvalue weighted by molar-refractivity contribution is 0.0908. The van der Waals surface area contributed by atoms with Crippen LogP contribution in [0.2, 0.25) is 0 Å². The van der Waals surface area contributed by atoms with Gasteiger partial charge in [-0.2, -0.15) is 0 Å². The molecule has 2 aromatic heterocycles. The summed E-state index contributed by atoms with van der Waals surface area (Å²) in [7, 11) is 0. The maximum absolute atomic E-state index is 10.1. The van der Waals surface area contributed by atoms with Crippen LogP contribution in [-0.2, 0) is 12.8 Å². The van der Waals surface area contributed by atoms with E-state index in [0.717, 1.165) is 36.2 Å². The van der Waals surface area contributed by atoms with Crippen LogP contribution in [0, 0.1) is 5.92 Å². The molecule has 2 aliphatic rings. The molecule has 3 aromatic rings. The summed E-state index contributed by atoms with van der Waals surface area (Å²) in [5.74, 6) is 1.45. The third kappa shape index (κ3) is 3.04. The van der Waals surface area contributed by atoms with Crippen molar-refractivity contribution in [2.75, 3.05) is 11.9 Å². The maximum atomic E-state index is 10.1. The summed E-state index contributed by atoms with van der Waals surface area (Å²) in [5, 5.41) is 22.9. The largest absolute Gasteiger partial charge is 0.396 e. The predicted molar refractivity (Wildman–Crippen MR) is 107 cm³/mol. The van der Waals surface area contributed by atoms with Crippen LogP contribution in [0.4, 0.5) is 5.82 Å². The number of aryl methyl sites for hydroxylation is 1. The molecule has 28 heavy (non-hydrogen) atoms. The number of fused-ring (bicyclic) bond motifs is 2. The Hall–Kier alpha value is -2.51. The molecule has 0 amide bonds. The number of aliphatic hydroxyl groups excluding tert-OH is 2. The average molecular weight is 379 g/mol. The lowest BCUT2D eigenvalue weighted by atomic mass is 9.88. The van der Waals surface area contributed by atoms with Gasteiger partial charge in [0.05, 0.1) is 6.10 Å². The fraction of sp³-hybridized carbons (Fsp3) is 0.476. The highest BCUT2D eigenvalue weighted by atomic mass is 16.3. The number of imidazole rings is 1. The third-order valence-electron chi connectivity index (χ3n) is 6.17. The molecule has 1 fully saturated rings. The first-order valence-electron chi connectivity index (χ1n) is 10.1. The number of hydrogen-bond acceptors (Lipinski definition) is 6. The van der Waals surface area contributed by atoms with Crippen LogP contribution in [-0.4, -0.2) is 48.9 Å². The van der Waals surface area contributed by atoms with Crippen molar-refractivity contribution in [3.8, 4) is 11.4 Å². The first kappa shape index (κ1) is 17.6. The maximum Gasteiger partial charge on any atom is 0.183 e. The van der Waals surface area contributed by atoms with Gasteiger partial charge in [-0.15, -0.1) is 0 Å². The molecule has 5 rings (SSSR count). The van der Waals surface area contributed by atoms with Crippen molar-refractivity contribution in [2.24, 2.45) is 5.92 Å². The Morgan fingerprint density at radius 2 is 2.04 bits per heavy atom. The molecule has 1 aromatic carbocycles. The molecule has 1 unspecified atom stereocenters. The Morgan fingerprint density at radius 3 is 2.89 bits per heavy atom. The lowest BCUT2D eigenvalue weighted by Gasteiger charge is -2.18. The van der Waals surface area contributed by atoms with Crippen molar-refractivity contribution in [3.05, 3.63) is 35.7 Å². The Morgan fingerprint density at radius 1 is 1.14 bits per heavy atom. The average Bonchev–Trinajstić information content (AvgIpc) is 3.31. The van der Waals surface area contributed by atoms with Gasteiger partial charge in [-0.05, 0) is 49.7 Å². The minimum absolute atomic E-state index is 0.00581. The van der Waals surface area contributed by atoms with Gasteiger partial charge in [0.25, 0.3) is 0 Å². The van der Waals surface area contributed by atoms with Crippen LogP contribution >= 0.6 is 0 Å². The molecule has 0 bridgehead atoms. The van der Waals surface area contributed by atoms with Gasteiger partial charge in [0.15, 0.2) is 11.5 Å². The summed E-state index contributed by atoms with van der Waals surface area (Å²) in [6.07, 6.45) is 7.04. The zero-order valence-electron chi connectivity index (χ0n) is 15.7. The van der Waals surface area contributed by atoms with Crippen molar-refractivity contribution in [1.29, 1.82) is 0 Å². The second-order valence-electron chi connectivity index (χ2n) is 7.98. The zero-order valence-corrected chi connectivity index (χ0v) is 15.7. The number of H-pyrrole nitrogens is 1. The van der Waals surface area contributed by atoms with E-state index in [9.17, 15) is 10.2 Å². The second-order valence-corrected chi connectivity index (χ2v) is 7.98. The van der Waals surface area contributed by atoms with Crippen molar-refractivity contribution in [3.63, 3.8) is 0 Å². The van der Waals surface area contributed by atoms with E-state index in [1.807, 2.05) is 0 Å². The number of benzene rings is 1. The molecule has 7 nitrogen and oxygen atoms in total. The van der Waals surface area contributed by atoms with Crippen molar-refractivity contribution >= 4 is 17.0 Å². The highest BCUT2D eigenvalue weighted by Crippen LogP contribution is 2.33. The van der Waals surface area contributed by atoms with Gasteiger partial charge >= 0.3 is 0 Å². The Kier molecular flexibility index (Phi) is 4.49. The van der Waals surface area contributed by atoms with E-state index >= 15 is 0 Å². The Balaban J connectivity index is 1.49. The summed E-state index contributed by atoms with van der Waals surface area (Å²) < 4.78 is 0. The number of hydrogen-bond donors (Lipinski definition) is 4. The van der Waals surface area contributed by atoms with Crippen LogP contribution in [0.5, 0.6) is 0 Å². The Bertz CT molecular complexity index is 1000. The number of nitrogens with zero attached hydrogens (tertiary/aromatic N) is 3. The summed E-state index contributed by atoms with van der Waals surface area (Å²) in [5.41, 5.74) is 5.38.